The van der Waals surface area contributed by atoms with E-state index in [1.807, 2.05) is 0 Å². The first-order chi connectivity index (χ1) is 8.63. The topological polar surface area (TPSA) is 53.4 Å². The van der Waals surface area contributed by atoms with Crippen molar-refractivity contribution >= 4 is 22.4 Å². The summed E-state index contributed by atoms with van der Waals surface area (Å²) in [6.07, 6.45) is 5.27. The Balaban J connectivity index is 1.78. The van der Waals surface area contributed by atoms with E-state index in [0.717, 1.165) is 30.1 Å². The molecule has 1 heterocycles. The fraction of sp³-hybridized carbons (Fsp3) is 0.692. The molecule has 1 aromatic heterocycles. The molecule has 1 N–H and O–H groups in total. The van der Waals surface area contributed by atoms with Gasteiger partial charge in [0.2, 0.25) is 0 Å². The van der Waals surface area contributed by atoms with Crippen molar-refractivity contribution in [2.45, 2.75) is 32.6 Å². The molecule has 0 saturated heterocycles. The average Bonchev–Trinajstić information content (AvgIpc) is 3.21. The van der Waals surface area contributed by atoms with Crippen LogP contribution in [-0.2, 0) is 0 Å². The maximum absolute atomic E-state index is 11.1. The Morgan fingerprint density at radius 2 is 1.89 bits per heavy atom. The number of hydrogen-bond acceptors (Lipinski definition) is 4. The molecular weight excluding hydrogens is 248 g/mol. The highest BCUT2D eigenvalue weighted by Gasteiger charge is 2.31. The molecule has 98 valence electrons. The Kier molecular flexibility index (Phi) is 3.01. The van der Waals surface area contributed by atoms with E-state index >= 15 is 0 Å². The molecule has 0 radical (unpaired) electrons. The van der Waals surface area contributed by atoms with Crippen LogP contribution in [0.1, 0.15) is 41.0 Å². The minimum Gasteiger partial charge on any atom is -0.477 e. The monoisotopic (exact) mass is 266 g/mol. The number of thiazole rings is 1. The Bertz CT molecular complexity index is 450. The van der Waals surface area contributed by atoms with E-state index in [2.05, 4.69) is 9.88 Å². The molecular formula is C13H18N2O2S. The zero-order chi connectivity index (χ0) is 12.7. The molecule has 0 aromatic carbocycles. The number of nitrogens with zero attached hydrogens (tertiary/aromatic N) is 2. The van der Waals surface area contributed by atoms with Gasteiger partial charge in [-0.25, -0.2) is 9.78 Å². The molecule has 3 rings (SSSR count). The van der Waals surface area contributed by atoms with Crippen molar-refractivity contribution in [3.05, 3.63) is 10.6 Å². The quantitative estimate of drug-likeness (QED) is 0.860. The zero-order valence-electron chi connectivity index (χ0n) is 10.6. The molecule has 2 aliphatic rings. The first-order valence-electron chi connectivity index (χ1n) is 6.59. The lowest BCUT2D eigenvalue weighted by atomic mass is 10.3. The summed E-state index contributed by atoms with van der Waals surface area (Å²) in [4.78, 5) is 18.2. The minimum atomic E-state index is -0.853. The molecule has 0 unspecified atom stereocenters. The van der Waals surface area contributed by atoms with Gasteiger partial charge in [0.05, 0.1) is 5.69 Å². The Labute approximate surface area is 111 Å². The van der Waals surface area contributed by atoms with Crippen molar-refractivity contribution in [3.63, 3.8) is 0 Å². The number of rotatable bonds is 6. The van der Waals surface area contributed by atoms with Gasteiger partial charge in [0.15, 0.2) is 5.13 Å². The van der Waals surface area contributed by atoms with Crippen LogP contribution in [-0.4, -0.2) is 29.1 Å². The van der Waals surface area contributed by atoms with Crippen molar-refractivity contribution in [3.8, 4) is 0 Å². The summed E-state index contributed by atoms with van der Waals surface area (Å²) < 4.78 is 0. The van der Waals surface area contributed by atoms with Gasteiger partial charge >= 0.3 is 5.97 Å². The third kappa shape index (κ3) is 2.66. The highest BCUT2D eigenvalue weighted by atomic mass is 32.1. The summed E-state index contributed by atoms with van der Waals surface area (Å²) in [5, 5.41) is 10.0. The van der Waals surface area contributed by atoms with Crippen molar-refractivity contribution in [1.82, 2.24) is 4.98 Å². The van der Waals surface area contributed by atoms with Crippen LogP contribution < -0.4 is 4.90 Å². The third-order valence-corrected chi connectivity index (χ3v) is 4.81. The van der Waals surface area contributed by atoms with Crippen LogP contribution >= 0.6 is 11.3 Å². The SMILES string of the molecule is Cc1nc(N(CC2CC2)CC2CC2)sc1C(=O)O. The first kappa shape index (κ1) is 12.0. The van der Waals surface area contributed by atoms with E-state index in [-0.39, 0.29) is 0 Å². The summed E-state index contributed by atoms with van der Waals surface area (Å²) in [5.74, 6) is 0.761. The van der Waals surface area contributed by atoms with E-state index in [1.165, 1.54) is 37.0 Å². The van der Waals surface area contributed by atoms with Gasteiger partial charge in [0.25, 0.3) is 0 Å². The molecule has 0 amide bonds. The van der Waals surface area contributed by atoms with E-state index in [9.17, 15) is 4.79 Å². The number of aryl methyl sites for hydroxylation is 1. The van der Waals surface area contributed by atoms with Crippen LogP contribution in [0.4, 0.5) is 5.13 Å². The van der Waals surface area contributed by atoms with Gasteiger partial charge in [0.1, 0.15) is 4.88 Å². The minimum absolute atomic E-state index is 0.390. The van der Waals surface area contributed by atoms with Gasteiger partial charge in [0, 0.05) is 13.1 Å². The fourth-order valence-corrected chi connectivity index (χ4v) is 3.09. The highest BCUT2D eigenvalue weighted by Crippen LogP contribution is 2.37. The number of carboxylic acid groups (broad SMARTS) is 1. The Morgan fingerprint density at radius 3 is 2.28 bits per heavy atom. The van der Waals surface area contributed by atoms with Crippen molar-refractivity contribution < 1.29 is 9.90 Å². The zero-order valence-corrected chi connectivity index (χ0v) is 11.4. The van der Waals surface area contributed by atoms with Crippen LogP contribution in [0.15, 0.2) is 0 Å². The number of carboxylic acids is 1. The summed E-state index contributed by atoms with van der Waals surface area (Å²) in [6, 6.07) is 0. The Hall–Kier alpha value is -1.10. The van der Waals surface area contributed by atoms with Gasteiger partial charge in [-0.3, -0.25) is 0 Å². The maximum Gasteiger partial charge on any atom is 0.347 e. The van der Waals surface area contributed by atoms with Crippen LogP contribution in [0.5, 0.6) is 0 Å². The number of aromatic nitrogens is 1. The lowest BCUT2D eigenvalue weighted by Crippen LogP contribution is -2.27. The molecule has 1 aromatic rings. The molecule has 0 spiro atoms. The lowest BCUT2D eigenvalue weighted by molar-refractivity contribution is 0.0701. The number of hydrogen-bond donors (Lipinski definition) is 1. The largest absolute Gasteiger partial charge is 0.477 e. The third-order valence-electron chi connectivity index (χ3n) is 3.60. The van der Waals surface area contributed by atoms with Crippen LogP contribution in [0.2, 0.25) is 0 Å². The van der Waals surface area contributed by atoms with Crippen molar-refractivity contribution in [1.29, 1.82) is 0 Å². The molecule has 18 heavy (non-hydrogen) atoms. The normalized spacial score (nSPS) is 18.9. The number of aromatic carboxylic acids is 1. The summed E-state index contributed by atoms with van der Waals surface area (Å²) in [7, 11) is 0. The summed E-state index contributed by atoms with van der Waals surface area (Å²) in [5.41, 5.74) is 0.652. The molecule has 2 saturated carbocycles. The molecule has 0 atom stereocenters. The van der Waals surface area contributed by atoms with Crippen molar-refractivity contribution in [2.75, 3.05) is 18.0 Å². The molecule has 0 aliphatic heterocycles. The van der Waals surface area contributed by atoms with Gasteiger partial charge in [-0.15, -0.1) is 0 Å². The summed E-state index contributed by atoms with van der Waals surface area (Å²) in [6.45, 7) is 3.90. The standard InChI is InChI=1S/C13H18N2O2S/c1-8-11(12(16)17)18-13(14-8)15(6-9-2-3-9)7-10-4-5-10/h9-10H,2-7H2,1H3,(H,16,17). The second-order valence-electron chi connectivity index (χ2n) is 5.51. The van der Waals surface area contributed by atoms with Crippen LogP contribution in [0, 0.1) is 18.8 Å². The van der Waals surface area contributed by atoms with Gasteiger partial charge in [-0.2, -0.15) is 0 Å². The van der Waals surface area contributed by atoms with Crippen LogP contribution in [0.3, 0.4) is 0 Å². The maximum atomic E-state index is 11.1. The number of anilines is 1. The molecule has 2 aliphatic carbocycles. The molecule has 2 fully saturated rings. The fourth-order valence-electron chi connectivity index (χ4n) is 2.17. The van der Waals surface area contributed by atoms with Crippen LogP contribution in [0.25, 0.3) is 0 Å². The smallest absolute Gasteiger partial charge is 0.347 e. The van der Waals surface area contributed by atoms with E-state index in [4.69, 9.17) is 5.11 Å². The summed E-state index contributed by atoms with van der Waals surface area (Å²) >= 11 is 1.33. The van der Waals surface area contributed by atoms with E-state index in [0.29, 0.717) is 10.6 Å². The highest BCUT2D eigenvalue weighted by molar-refractivity contribution is 7.17. The van der Waals surface area contributed by atoms with Gasteiger partial charge < -0.3 is 10.0 Å². The van der Waals surface area contributed by atoms with Crippen molar-refractivity contribution in [2.24, 2.45) is 11.8 Å². The Morgan fingerprint density at radius 1 is 1.33 bits per heavy atom. The lowest BCUT2D eigenvalue weighted by Gasteiger charge is -2.21. The van der Waals surface area contributed by atoms with E-state index in [1.54, 1.807) is 6.92 Å². The second kappa shape index (κ2) is 4.53. The second-order valence-corrected chi connectivity index (χ2v) is 6.49. The predicted octanol–water partition coefficient (Wildman–Crippen LogP) is 2.78. The van der Waals surface area contributed by atoms with Gasteiger partial charge in [-0.05, 0) is 44.4 Å². The molecule has 4 nitrogen and oxygen atoms in total. The molecule has 0 bridgehead atoms. The van der Waals surface area contributed by atoms with Gasteiger partial charge in [-0.1, -0.05) is 11.3 Å². The predicted molar refractivity (Wildman–Crippen MR) is 71.5 cm³/mol. The van der Waals surface area contributed by atoms with E-state index < -0.39 is 5.97 Å². The average molecular weight is 266 g/mol. The number of carbonyl (C=O) groups is 1. The first-order valence-corrected chi connectivity index (χ1v) is 7.41. The molecule has 5 heteroatoms.